The molecule has 0 radical (unpaired) electrons. The van der Waals surface area contributed by atoms with Crippen molar-refractivity contribution in [3.05, 3.63) is 42.4 Å². The molecule has 1 aliphatic carbocycles. The van der Waals surface area contributed by atoms with Crippen LogP contribution >= 0.6 is 0 Å². The monoisotopic (exact) mass is 366 g/mol. The third kappa shape index (κ3) is 5.61. The molecule has 1 fully saturated rings. The molecule has 0 unspecified atom stereocenters. The number of hydrogen-bond acceptors (Lipinski definition) is 5. The van der Waals surface area contributed by atoms with Crippen molar-refractivity contribution in [3.63, 3.8) is 0 Å². The number of rotatable bonds is 6. The van der Waals surface area contributed by atoms with E-state index in [1.165, 1.54) is 25.5 Å². The van der Waals surface area contributed by atoms with Crippen molar-refractivity contribution in [2.24, 2.45) is 11.0 Å². The Balaban J connectivity index is 1.64. The molecule has 1 aromatic carbocycles. The second-order valence-corrected chi connectivity index (χ2v) is 7.10. The fourth-order valence-corrected chi connectivity index (χ4v) is 3.13. The highest BCUT2D eigenvalue weighted by Gasteiger charge is 2.12. The minimum Gasteiger partial charge on any atom is -0.491 e. The molecule has 2 aromatic rings. The first kappa shape index (κ1) is 19.0. The van der Waals surface area contributed by atoms with Crippen LogP contribution in [0, 0.1) is 5.92 Å². The molecule has 3 rings (SSSR count). The van der Waals surface area contributed by atoms with Crippen LogP contribution in [0.25, 0.3) is 11.3 Å². The maximum Gasteiger partial charge on any atom is 0.291 e. The van der Waals surface area contributed by atoms with Gasteiger partial charge in [-0.3, -0.25) is 9.78 Å². The normalized spacial score (nSPS) is 15.2. The van der Waals surface area contributed by atoms with E-state index in [2.05, 4.69) is 20.5 Å². The van der Waals surface area contributed by atoms with E-state index >= 15 is 0 Å². The third-order valence-electron chi connectivity index (χ3n) is 4.49. The summed E-state index contributed by atoms with van der Waals surface area (Å²) in [6.07, 6.45) is 11.1. The van der Waals surface area contributed by atoms with Crippen molar-refractivity contribution < 1.29 is 9.53 Å². The van der Waals surface area contributed by atoms with Gasteiger partial charge in [0.15, 0.2) is 0 Å². The van der Waals surface area contributed by atoms with E-state index < -0.39 is 0 Å². The predicted octanol–water partition coefficient (Wildman–Crippen LogP) is 4.23. The molecule has 1 aliphatic rings. The molecule has 1 aromatic heterocycles. The predicted molar refractivity (Wildman–Crippen MR) is 106 cm³/mol. The largest absolute Gasteiger partial charge is 0.491 e. The topological polar surface area (TPSA) is 76.5 Å². The van der Waals surface area contributed by atoms with Crippen LogP contribution in [-0.2, 0) is 0 Å². The summed E-state index contributed by atoms with van der Waals surface area (Å²) in [5.41, 5.74) is 4.32. The number of hydrogen-bond donors (Lipinski definition) is 1. The second kappa shape index (κ2) is 9.26. The number of nitrogens with zero attached hydrogens (tertiary/aromatic N) is 3. The van der Waals surface area contributed by atoms with Gasteiger partial charge in [0.05, 0.1) is 24.2 Å². The summed E-state index contributed by atoms with van der Waals surface area (Å²) in [7, 11) is 0. The van der Waals surface area contributed by atoms with Crippen LogP contribution in [0.15, 0.2) is 41.8 Å². The van der Waals surface area contributed by atoms with E-state index in [-0.39, 0.29) is 17.7 Å². The standard InChI is InChI=1S/C21H26N4O2/c1-15(2)27-18-10-8-17(9-11-18)19-13-22-14-20(24-19)21(26)25-23-12-16-6-4-3-5-7-16/h8-16H,3-7H2,1-2H3,(H,25,26). The Labute approximate surface area is 160 Å². The first-order valence-corrected chi connectivity index (χ1v) is 9.54. The van der Waals surface area contributed by atoms with Crippen molar-refractivity contribution in [2.45, 2.75) is 52.1 Å². The summed E-state index contributed by atoms with van der Waals surface area (Å²) in [5.74, 6) is 0.909. The van der Waals surface area contributed by atoms with Gasteiger partial charge >= 0.3 is 0 Å². The van der Waals surface area contributed by atoms with Gasteiger partial charge < -0.3 is 4.74 Å². The van der Waals surface area contributed by atoms with Crippen LogP contribution < -0.4 is 10.2 Å². The van der Waals surface area contributed by atoms with Crippen LogP contribution in [0.4, 0.5) is 0 Å². The van der Waals surface area contributed by atoms with Crippen molar-refractivity contribution in [3.8, 4) is 17.0 Å². The zero-order chi connectivity index (χ0) is 19.1. The molecule has 1 N–H and O–H groups in total. The summed E-state index contributed by atoms with van der Waals surface area (Å²) < 4.78 is 5.65. The number of ether oxygens (including phenoxy) is 1. The molecular weight excluding hydrogens is 340 g/mol. The van der Waals surface area contributed by atoms with Crippen LogP contribution in [0.3, 0.4) is 0 Å². The molecule has 0 atom stereocenters. The number of amides is 1. The minimum absolute atomic E-state index is 0.122. The van der Waals surface area contributed by atoms with Gasteiger partial charge in [-0.15, -0.1) is 0 Å². The van der Waals surface area contributed by atoms with E-state index in [4.69, 9.17) is 4.74 Å². The quantitative estimate of drug-likeness (QED) is 0.613. The van der Waals surface area contributed by atoms with Gasteiger partial charge in [-0.05, 0) is 56.9 Å². The molecular formula is C21H26N4O2. The van der Waals surface area contributed by atoms with Crippen molar-refractivity contribution in [1.82, 2.24) is 15.4 Å². The van der Waals surface area contributed by atoms with Crippen LogP contribution in [0.1, 0.15) is 56.4 Å². The Morgan fingerprint density at radius 2 is 1.93 bits per heavy atom. The summed E-state index contributed by atoms with van der Waals surface area (Å²) in [6.45, 7) is 3.97. The Kier molecular flexibility index (Phi) is 6.52. The highest BCUT2D eigenvalue weighted by Crippen LogP contribution is 2.22. The summed E-state index contributed by atoms with van der Waals surface area (Å²) in [6, 6.07) is 7.59. The lowest BCUT2D eigenvalue weighted by Gasteiger charge is -2.16. The lowest BCUT2D eigenvalue weighted by molar-refractivity contribution is 0.0949. The average Bonchev–Trinajstić information content (AvgIpc) is 2.69. The van der Waals surface area contributed by atoms with Crippen LogP contribution in [-0.4, -0.2) is 28.2 Å². The van der Waals surface area contributed by atoms with E-state index in [9.17, 15) is 4.79 Å². The Morgan fingerprint density at radius 3 is 2.63 bits per heavy atom. The Bertz CT molecular complexity index is 781. The fourth-order valence-electron chi connectivity index (χ4n) is 3.13. The highest BCUT2D eigenvalue weighted by atomic mass is 16.5. The molecule has 1 saturated carbocycles. The van der Waals surface area contributed by atoms with Gasteiger partial charge in [0, 0.05) is 11.8 Å². The number of carbonyl (C=O) groups is 1. The maximum atomic E-state index is 12.3. The number of nitrogens with one attached hydrogen (secondary N) is 1. The number of benzene rings is 1. The molecule has 27 heavy (non-hydrogen) atoms. The van der Waals surface area contributed by atoms with Crippen molar-refractivity contribution in [1.29, 1.82) is 0 Å². The first-order valence-electron chi connectivity index (χ1n) is 9.54. The summed E-state index contributed by atoms with van der Waals surface area (Å²) >= 11 is 0. The van der Waals surface area contributed by atoms with Crippen LogP contribution in [0.2, 0.25) is 0 Å². The minimum atomic E-state index is -0.351. The fraction of sp³-hybridized carbons (Fsp3) is 0.429. The number of hydrazone groups is 1. The molecule has 0 bridgehead atoms. The first-order chi connectivity index (χ1) is 13.1. The lowest BCUT2D eigenvalue weighted by Crippen LogP contribution is -2.20. The van der Waals surface area contributed by atoms with Gasteiger partial charge in [-0.25, -0.2) is 10.4 Å². The van der Waals surface area contributed by atoms with Gasteiger partial charge in [-0.2, -0.15) is 5.10 Å². The molecule has 6 nitrogen and oxygen atoms in total. The SMILES string of the molecule is CC(C)Oc1ccc(-c2cncc(C(=O)NN=CC3CCCCC3)n2)cc1. The van der Waals surface area contributed by atoms with Gasteiger partial charge in [-0.1, -0.05) is 19.3 Å². The molecule has 0 saturated heterocycles. The second-order valence-electron chi connectivity index (χ2n) is 7.10. The summed E-state index contributed by atoms with van der Waals surface area (Å²) in [5, 5.41) is 4.10. The number of carbonyl (C=O) groups excluding carboxylic acids is 1. The maximum absolute atomic E-state index is 12.3. The Hall–Kier alpha value is -2.76. The zero-order valence-corrected chi connectivity index (χ0v) is 15.9. The highest BCUT2D eigenvalue weighted by molar-refractivity contribution is 5.92. The van der Waals surface area contributed by atoms with Crippen molar-refractivity contribution >= 4 is 12.1 Å². The lowest BCUT2D eigenvalue weighted by atomic mass is 9.90. The molecule has 6 heteroatoms. The van der Waals surface area contributed by atoms with E-state index in [0.717, 1.165) is 24.2 Å². The van der Waals surface area contributed by atoms with Crippen molar-refractivity contribution in [2.75, 3.05) is 0 Å². The smallest absolute Gasteiger partial charge is 0.291 e. The molecule has 142 valence electrons. The summed E-state index contributed by atoms with van der Waals surface area (Å²) in [4.78, 5) is 20.9. The van der Waals surface area contributed by atoms with E-state index in [1.807, 2.05) is 44.3 Å². The van der Waals surface area contributed by atoms with E-state index in [0.29, 0.717) is 11.6 Å². The third-order valence-corrected chi connectivity index (χ3v) is 4.49. The zero-order valence-electron chi connectivity index (χ0n) is 15.9. The molecule has 0 spiro atoms. The number of aromatic nitrogens is 2. The van der Waals surface area contributed by atoms with Gasteiger partial charge in [0.2, 0.25) is 0 Å². The molecule has 1 heterocycles. The Morgan fingerprint density at radius 1 is 1.19 bits per heavy atom. The van der Waals surface area contributed by atoms with E-state index in [1.54, 1.807) is 6.20 Å². The van der Waals surface area contributed by atoms with Gasteiger partial charge in [0.1, 0.15) is 11.4 Å². The molecule has 0 aliphatic heterocycles. The van der Waals surface area contributed by atoms with Crippen LogP contribution in [0.5, 0.6) is 5.75 Å². The molecule has 1 amide bonds. The van der Waals surface area contributed by atoms with Gasteiger partial charge in [0.25, 0.3) is 5.91 Å². The average molecular weight is 366 g/mol.